The molecule has 1 heterocycles. The van der Waals surface area contributed by atoms with Gasteiger partial charge in [0, 0.05) is 5.57 Å². The molecule has 1 atom stereocenters. The molecule has 0 aromatic heterocycles. The standard InChI is InChI=1S/C26H31NO5/c1-5-7-10-20(6-2)22-17-31-26(29)27(22)25(28)18(3)15-19-13-14-23(30-4)24(16-19)32-21-11-8-9-12-21/h5-7,10,13-16,21-22H,2,8-9,11-12,17H2,1,3-4H3/b7-5-,18-15+,20-10+/t22-/m0/s1. The second-order valence-electron chi connectivity index (χ2n) is 7.93. The van der Waals surface area contributed by atoms with E-state index in [4.69, 9.17) is 14.2 Å². The largest absolute Gasteiger partial charge is 0.493 e. The Labute approximate surface area is 189 Å². The third-order valence-corrected chi connectivity index (χ3v) is 5.70. The Bertz CT molecular complexity index is 953. The molecular weight excluding hydrogens is 406 g/mol. The highest BCUT2D eigenvalue weighted by molar-refractivity contribution is 6.06. The molecule has 2 fully saturated rings. The van der Waals surface area contributed by atoms with Gasteiger partial charge in [-0.05, 0) is 68.9 Å². The summed E-state index contributed by atoms with van der Waals surface area (Å²) in [7, 11) is 1.61. The normalized spacial score (nSPS) is 20.0. The van der Waals surface area contributed by atoms with Gasteiger partial charge in [-0.15, -0.1) is 0 Å². The quantitative estimate of drug-likeness (QED) is 0.399. The number of ether oxygens (including phenoxy) is 3. The first-order chi connectivity index (χ1) is 15.5. The number of nitrogens with zero attached hydrogens (tertiary/aromatic N) is 1. The van der Waals surface area contributed by atoms with Crippen LogP contribution in [0.4, 0.5) is 4.79 Å². The summed E-state index contributed by atoms with van der Waals surface area (Å²) in [5, 5.41) is 0. The number of cyclic esters (lactones) is 1. The van der Waals surface area contributed by atoms with Gasteiger partial charge in [0.25, 0.3) is 5.91 Å². The van der Waals surface area contributed by atoms with Gasteiger partial charge in [0.15, 0.2) is 11.5 Å². The minimum atomic E-state index is -0.652. The van der Waals surface area contributed by atoms with Crippen LogP contribution in [0, 0.1) is 0 Å². The van der Waals surface area contributed by atoms with Crippen LogP contribution < -0.4 is 9.47 Å². The maximum absolute atomic E-state index is 13.2. The molecule has 6 nitrogen and oxygen atoms in total. The zero-order valence-electron chi connectivity index (χ0n) is 19.0. The minimum absolute atomic E-state index is 0.106. The third-order valence-electron chi connectivity index (χ3n) is 5.70. The number of amides is 2. The van der Waals surface area contributed by atoms with Crippen molar-refractivity contribution in [3.63, 3.8) is 0 Å². The highest BCUT2D eigenvalue weighted by atomic mass is 16.6. The molecule has 3 rings (SSSR count). The van der Waals surface area contributed by atoms with E-state index in [2.05, 4.69) is 6.58 Å². The van der Waals surface area contributed by atoms with Crippen LogP contribution >= 0.6 is 0 Å². The maximum atomic E-state index is 13.2. The van der Waals surface area contributed by atoms with E-state index < -0.39 is 18.0 Å². The fourth-order valence-electron chi connectivity index (χ4n) is 3.98. The molecule has 1 aromatic carbocycles. The lowest BCUT2D eigenvalue weighted by atomic mass is 10.0. The molecule has 1 saturated heterocycles. The van der Waals surface area contributed by atoms with E-state index in [0.717, 1.165) is 28.9 Å². The van der Waals surface area contributed by atoms with Crippen molar-refractivity contribution in [3.05, 3.63) is 65.8 Å². The van der Waals surface area contributed by atoms with E-state index in [9.17, 15) is 9.59 Å². The molecule has 1 aliphatic carbocycles. The lowest BCUT2D eigenvalue weighted by molar-refractivity contribution is -0.124. The van der Waals surface area contributed by atoms with Crippen LogP contribution in [0.1, 0.15) is 45.1 Å². The number of carbonyl (C=O) groups excluding carboxylic acids is 2. The van der Waals surface area contributed by atoms with Gasteiger partial charge >= 0.3 is 6.09 Å². The first-order valence-corrected chi connectivity index (χ1v) is 11.0. The zero-order valence-corrected chi connectivity index (χ0v) is 19.0. The van der Waals surface area contributed by atoms with Gasteiger partial charge in [-0.25, -0.2) is 9.69 Å². The summed E-state index contributed by atoms with van der Waals surface area (Å²) in [4.78, 5) is 26.7. The fraction of sp³-hybridized carbons (Fsp3) is 0.385. The smallest absolute Gasteiger partial charge is 0.417 e. The Kier molecular flexibility index (Phi) is 7.92. The van der Waals surface area contributed by atoms with Crippen molar-refractivity contribution in [1.82, 2.24) is 4.90 Å². The zero-order chi connectivity index (χ0) is 23.1. The number of allylic oxidation sites excluding steroid dienone is 3. The number of imide groups is 1. The summed E-state index contributed by atoms with van der Waals surface area (Å²) >= 11 is 0. The lowest BCUT2D eigenvalue weighted by Crippen LogP contribution is -2.40. The number of methoxy groups -OCH3 is 1. The van der Waals surface area contributed by atoms with E-state index in [1.54, 1.807) is 26.2 Å². The number of rotatable bonds is 8. The molecule has 6 heteroatoms. The molecule has 1 aromatic rings. The van der Waals surface area contributed by atoms with Crippen LogP contribution in [0.3, 0.4) is 0 Å². The van der Waals surface area contributed by atoms with Crippen LogP contribution in [0.5, 0.6) is 11.5 Å². The van der Waals surface area contributed by atoms with Crippen molar-refractivity contribution in [2.75, 3.05) is 13.7 Å². The molecular formula is C26H31NO5. The van der Waals surface area contributed by atoms with Gasteiger partial charge in [0.05, 0.1) is 13.2 Å². The van der Waals surface area contributed by atoms with E-state index in [1.807, 2.05) is 43.4 Å². The number of hydrogen-bond donors (Lipinski definition) is 0. The molecule has 0 radical (unpaired) electrons. The molecule has 2 amide bonds. The Hall–Kier alpha value is -3.28. The van der Waals surface area contributed by atoms with E-state index in [1.165, 1.54) is 12.8 Å². The molecule has 0 unspecified atom stereocenters. The van der Waals surface area contributed by atoms with Crippen molar-refractivity contribution in [2.24, 2.45) is 0 Å². The molecule has 0 N–H and O–H groups in total. The van der Waals surface area contributed by atoms with Gasteiger partial charge in [0.2, 0.25) is 0 Å². The van der Waals surface area contributed by atoms with Gasteiger partial charge in [-0.2, -0.15) is 0 Å². The second kappa shape index (κ2) is 10.8. The van der Waals surface area contributed by atoms with Crippen molar-refractivity contribution < 1.29 is 23.8 Å². The van der Waals surface area contributed by atoms with Crippen molar-refractivity contribution >= 4 is 18.1 Å². The molecule has 32 heavy (non-hydrogen) atoms. The van der Waals surface area contributed by atoms with Crippen molar-refractivity contribution in [1.29, 1.82) is 0 Å². The predicted octanol–water partition coefficient (Wildman–Crippen LogP) is 5.46. The summed E-state index contributed by atoms with van der Waals surface area (Å²) in [5.41, 5.74) is 1.95. The van der Waals surface area contributed by atoms with Crippen LogP contribution in [-0.4, -0.2) is 42.8 Å². The third kappa shape index (κ3) is 5.31. The van der Waals surface area contributed by atoms with E-state index in [-0.39, 0.29) is 12.7 Å². The van der Waals surface area contributed by atoms with Gasteiger partial charge in [-0.1, -0.05) is 36.9 Å². The Balaban J connectivity index is 1.84. The molecule has 170 valence electrons. The van der Waals surface area contributed by atoms with Gasteiger partial charge in [0.1, 0.15) is 12.6 Å². The van der Waals surface area contributed by atoms with Crippen LogP contribution in [0.15, 0.2) is 60.2 Å². The van der Waals surface area contributed by atoms with Gasteiger partial charge in [-0.3, -0.25) is 4.79 Å². The summed E-state index contributed by atoms with van der Waals surface area (Å²) in [6.45, 7) is 7.50. The Morgan fingerprint density at radius 3 is 2.66 bits per heavy atom. The summed E-state index contributed by atoms with van der Waals surface area (Å²) in [6, 6.07) is 5.05. The van der Waals surface area contributed by atoms with E-state index >= 15 is 0 Å². The molecule has 0 bridgehead atoms. The lowest BCUT2D eigenvalue weighted by Gasteiger charge is -2.21. The SMILES string of the molecule is C=C/C(=C\C=C/C)[C@@H]1COC(=O)N1C(=O)/C(C)=C/c1ccc(OC)c(OC2CCCC2)c1. The average molecular weight is 438 g/mol. The summed E-state index contributed by atoms with van der Waals surface area (Å²) in [6.07, 6.45) is 12.9. The first kappa shape index (κ1) is 23.4. The number of carbonyl (C=O) groups is 2. The molecule has 1 aliphatic heterocycles. The average Bonchev–Trinajstić information content (AvgIpc) is 3.44. The highest BCUT2D eigenvalue weighted by Crippen LogP contribution is 2.33. The highest BCUT2D eigenvalue weighted by Gasteiger charge is 2.39. The minimum Gasteiger partial charge on any atom is -0.493 e. The first-order valence-electron chi connectivity index (χ1n) is 11.0. The fourth-order valence-corrected chi connectivity index (χ4v) is 3.98. The van der Waals surface area contributed by atoms with Crippen molar-refractivity contribution in [3.8, 4) is 11.5 Å². The van der Waals surface area contributed by atoms with Crippen LogP contribution in [-0.2, 0) is 9.53 Å². The van der Waals surface area contributed by atoms with Crippen LogP contribution in [0.2, 0.25) is 0 Å². The summed E-state index contributed by atoms with van der Waals surface area (Å²) < 4.78 is 16.8. The summed E-state index contributed by atoms with van der Waals surface area (Å²) in [5.74, 6) is 0.917. The Morgan fingerprint density at radius 2 is 2.00 bits per heavy atom. The monoisotopic (exact) mass is 437 g/mol. The van der Waals surface area contributed by atoms with E-state index in [0.29, 0.717) is 17.1 Å². The maximum Gasteiger partial charge on any atom is 0.417 e. The molecule has 2 aliphatic rings. The molecule has 1 saturated carbocycles. The van der Waals surface area contributed by atoms with Gasteiger partial charge < -0.3 is 14.2 Å². The number of benzene rings is 1. The molecule has 0 spiro atoms. The Morgan fingerprint density at radius 1 is 1.25 bits per heavy atom. The number of hydrogen-bond acceptors (Lipinski definition) is 5. The van der Waals surface area contributed by atoms with Crippen molar-refractivity contribution in [2.45, 2.75) is 51.7 Å². The van der Waals surface area contributed by atoms with Crippen LogP contribution in [0.25, 0.3) is 6.08 Å². The second-order valence-corrected chi connectivity index (χ2v) is 7.93. The topological polar surface area (TPSA) is 65.1 Å². The predicted molar refractivity (Wildman–Crippen MR) is 125 cm³/mol.